The van der Waals surface area contributed by atoms with Gasteiger partial charge in [0.1, 0.15) is 5.82 Å². The molecule has 7 heteroatoms. The molecule has 0 bridgehead atoms. The van der Waals surface area contributed by atoms with Gasteiger partial charge >= 0.3 is 0 Å². The molecular formula is C20H21FO5S. The molecule has 2 unspecified atom stereocenters. The molecule has 2 aromatic carbocycles. The Morgan fingerprint density at radius 1 is 1.19 bits per heavy atom. The Labute approximate surface area is 157 Å². The summed E-state index contributed by atoms with van der Waals surface area (Å²) >= 11 is 0. The van der Waals surface area contributed by atoms with Crippen molar-refractivity contribution in [1.82, 2.24) is 0 Å². The van der Waals surface area contributed by atoms with E-state index < -0.39 is 21.3 Å². The van der Waals surface area contributed by atoms with Crippen LogP contribution in [0, 0.1) is 5.82 Å². The Morgan fingerprint density at radius 3 is 2.44 bits per heavy atom. The predicted molar refractivity (Wildman–Crippen MR) is 96.8 cm³/mol. The molecule has 1 aliphatic rings. The zero-order valence-corrected chi connectivity index (χ0v) is 15.9. The summed E-state index contributed by atoms with van der Waals surface area (Å²) in [7, 11) is -4.00. The van der Waals surface area contributed by atoms with Gasteiger partial charge in [0.25, 0.3) is 0 Å². The van der Waals surface area contributed by atoms with Crippen LogP contribution in [0.2, 0.25) is 0 Å². The molecule has 0 radical (unpaired) electrons. The number of aliphatic hydroxyl groups is 1. The number of Topliss-reactive ketones (excluding diaryl/α,β-unsaturated/α-hetero) is 1. The zero-order valence-electron chi connectivity index (χ0n) is 15.1. The number of carbonyl (C=O) groups excluding carboxylic acids is 1. The summed E-state index contributed by atoms with van der Waals surface area (Å²) in [6.07, 6.45) is 0.294. The molecule has 0 aliphatic carbocycles. The molecule has 3 rings (SSSR count). The predicted octanol–water partition coefficient (Wildman–Crippen LogP) is 3.25. The molecule has 27 heavy (non-hydrogen) atoms. The minimum absolute atomic E-state index is 0.0450. The van der Waals surface area contributed by atoms with Crippen LogP contribution in [0.4, 0.5) is 4.39 Å². The van der Waals surface area contributed by atoms with E-state index in [1.165, 1.54) is 37.3 Å². The van der Waals surface area contributed by atoms with Crippen molar-refractivity contribution in [3.63, 3.8) is 0 Å². The van der Waals surface area contributed by atoms with Crippen LogP contribution in [0.15, 0.2) is 52.3 Å². The third-order valence-corrected chi connectivity index (χ3v) is 6.58. The van der Waals surface area contributed by atoms with Gasteiger partial charge in [-0.25, -0.2) is 12.8 Å². The van der Waals surface area contributed by atoms with Gasteiger partial charge in [-0.1, -0.05) is 12.1 Å². The molecule has 5 nitrogen and oxygen atoms in total. The fraction of sp³-hybridized carbons (Fsp3) is 0.350. The fourth-order valence-corrected chi connectivity index (χ4v) is 4.64. The molecule has 1 N–H and O–H groups in total. The quantitative estimate of drug-likeness (QED) is 0.808. The molecule has 144 valence electrons. The summed E-state index contributed by atoms with van der Waals surface area (Å²) in [6.45, 7) is 3.50. The first kappa shape index (κ1) is 19.7. The Bertz CT molecular complexity index is 968. The molecule has 2 aromatic rings. The third kappa shape index (κ3) is 3.95. The number of sulfone groups is 1. The molecule has 0 spiro atoms. The molecule has 1 fully saturated rings. The number of benzene rings is 2. The van der Waals surface area contributed by atoms with Crippen molar-refractivity contribution < 1.29 is 27.4 Å². The molecule has 1 aliphatic heterocycles. The average molecular weight is 392 g/mol. The van der Waals surface area contributed by atoms with E-state index in [9.17, 15) is 22.7 Å². The summed E-state index contributed by atoms with van der Waals surface area (Å²) in [6, 6.07) is 8.89. The van der Waals surface area contributed by atoms with Gasteiger partial charge in [-0.05, 0) is 49.7 Å². The van der Waals surface area contributed by atoms with Gasteiger partial charge in [0.15, 0.2) is 5.78 Å². The Hall–Kier alpha value is -2.09. The number of ether oxygens (including phenoxy) is 1. The van der Waals surface area contributed by atoms with Crippen LogP contribution in [0.5, 0.6) is 0 Å². The van der Waals surface area contributed by atoms with Crippen molar-refractivity contribution in [3.8, 4) is 0 Å². The van der Waals surface area contributed by atoms with Crippen LogP contribution in [-0.4, -0.2) is 32.0 Å². The van der Waals surface area contributed by atoms with Gasteiger partial charge in [-0.3, -0.25) is 4.79 Å². The van der Waals surface area contributed by atoms with Crippen molar-refractivity contribution in [2.24, 2.45) is 0 Å². The smallest absolute Gasteiger partial charge is 0.206 e. The molecule has 0 amide bonds. The fourth-order valence-electron chi connectivity index (χ4n) is 3.32. The molecule has 1 saturated heterocycles. The summed E-state index contributed by atoms with van der Waals surface area (Å²) in [4.78, 5) is 11.1. The first-order valence-corrected chi connectivity index (χ1v) is 10.1. The minimum Gasteiger partial charge on any atom is -0.385 e. The lowest BCUT2D eigenvalue weighted by atomic mass is 9.84. The monoisotopic (exact) mass is 392 g/mol. The van der Waals surface area contributed by atoms with Crippen LogP contribution in [0.3, 0.4) is 0 Å². The number of hydrogen-bond acceptors (Lipinski definition) is 5. The van der Waals surface area contributed by atoms with E-state index in [1.54, 1.807) is 6.92 Å². The highest BCUT2D eigenvalue weighted by molar-refractivity contribution is 7.91. The van der Waals surface area contributed by atoms with Gasteiger partial charge in [-0.2, -0.15) is 0 Å². The van der Waals surface area contributed by atoms with E-state index >= 15 is 0 Å². The van der Waals surface area contributed by atoms with E-state index in [0.717, 1.165) is 12.1 Å². The van der Waals surface area contributed by atoms with Gasteiger partial charge < -0.3 is 9.84 Å². The van der Waals surface area contributed by atoms with E-state index in [0.29, 0.717) is 12.2 Å². The van der Waals surface area contributed by atoms with E-state index in [4.69, 9.17) is 4.74 Å². The highest BCUT2D eigenvalue weighted by atomic mass is 32.2. The largest absolute Gasteiger partial charge is 0.385 e. The number of hydrogen-bond donors (Lipinski definition) is 1. The molecule has 2 atom stereocenters. The number of carbonyl (C=O) groups is 1. The normalized spacial score (nSPS) is 23.2. The summed E-state index contributed by atoms with van der Waals surface area (Å²) in [5.41, 5.74) is -0.737. The van der Waals surface area contributed by atoms with Crippen molar-refractivity contribution in [3.05, 3.63) is 59.4 Å². The Morgan fingerprint density at radius 2 is 1.85 bits per heavy atom. The van der Waals surface area contributed by atoms with E-state index in [-0.39, 0.29) is 40.1 Å². The number of ketones is 1. The molecule has 0 saturated carbocycles. The van der Waals surface area contributed by atoms with Gasteiger partial charge in [0, 0.05) is 18.4 Å². The van der Waals surface area contributed by atoms with E-state index in [2.05, 4.69) is 0 Å². The van der Waals surface area contributed by atoms with Crippen LogP contribution in [-0.2, 0) is 20.2 Å². The maximum absolute atomic E-state index is 14.2. The van der Waals surface area contributed by atoms with E-state index in [1.807, 2.05) is 0 Å². The van der Waals surface area contributed by atoms with Crippen molar-refractivity contribution in [2.45, 2.75) is 48.2 Å². The standard InChI is InChI=1S/C20H21FO5S/c1-13-12-20(23,7-8-26-13)16-9-17(21)11-19(10-16)27(24,25)18-5-3-15(4-6-18)14(2)22/h3-6,9-11,13,23H,7-8,12H2,1-2H3. The maximum Gasteiger partial charge on any atom is 0.206 e. The minimum atomic E-state index is -4.00. The summed E-state index contributed by atoms with van der Waals surface area (Å²) < 4.78 is 45.5. The van der Waals surface area contributed by atoms with Crippen LogP contribution in [0.25, 0.3) is 0 Å². The lowest BCUT2D eigenvalue weighted by Crippen LogP contribution is -2.37. The van der Waals surface area contributed by atoms with Gasteiger partial charge in [-0.15, -0.1) is 0 Å². The SMILES string of the molecule is CC(=O)c1ccc(S(=O)(=O)c2cc(F)cc(C3(O)CCOC(C)C3)c2)cc1. The molecular weight excluding hydrogens is 371 g/mol. The lowest BCUT2D eigenvalue weighted by molar-refractivity contribution is -0.102. The van der Waals surface area contributed by atoms with Crippen LogP contribution < -0.4 is 0 Å². The van der Waals surface area contributed by atoms with Crippen molar-refractivity contribution >= 4 is 15.6 Å². The highest BCUT2D eigenvalue weighted by Crippen LogP contribution is 2.36. The Kier molecular flexibility index (Phi) is 5.20. The summed E-state index contributed by atoms with van der Waals surface area (Å²) in [5, 5.41) is 10.9. The van der Waals surface area contributed by atoms with Crippen molar-refractivity contribution in [1.29, 1.82) is 0 Å². The second-order valence-electron chi connectivity index (χ2n) is 6.93. The van der Waals surface area contributed by atoms with Crippen LogP contribution >= 0.6 is 0 Å². The molecule has 0 aromatic heterocycles. The second-order valence-corrected chi connectivity index (χ2v) is 8.88. The first-order valence-electron chi connectivity index (χ1n) is 8.63. The number of halogens is 1. The highest BCUT2D eigenvalue weighted by Gasteiger charge is 2.36. The summed E-state index contributed by atoms with van der Waals surface area (Å²) in [5.74, 6) is -0.915. The maximum atomic E-state index is 14.2. The molecule has 1 heterocycles. The first-order chi connectivity index (χ1) is 12.6. The Balaban J connectivity index is 2.03. The van der Waals surface area contributed by atoms with Crippen LogP contribution in [0.1, 0.15) is 42.6 Å². The second kappa shape index (κ2) is 7.14. The number of rotatable bonds is 4. The topological polar surface area (TPSA) is 80.7 Å². The zero-order chi connectivity index (χ0) is 19.8. The average Bonchev–Trinajstić information content (AvgIpc) is 2.61. The lowest BCUT2D eigenvalue weighted by Gasteiger charge is -2.36. The van der Waals surface area contributed by atoms with Gasteiger partial charge in [0.05, 0.1) is 28.1 Å². The van der Waals surface area contributed by atoms with Gasteiger partial charge in [0.2, 0.25) is 9.84 Å². The third-order valence-electron chi connectivity index (χ3n) is 4.83. The van der Waals surface area contributed by atoms with Crippen molar-refractivity contribution in [2.75, 3.05) is 6.61 Å².